The molecule has 0 saturated carbocycles. The Morgan fingerprint density at radius 2 is 1.83 bits per heavy atom. The zero-order chi connectivity index (χ0) is 13.5. The monoisotopic (exact) mass is 293 g/mol. The minimum absolute atomic E-state index is 0.0192. The van der Waals surface area contributed by atoms with Crippen LogP contribution in [0.2, 0.25) is 10.0 Å². The zero-order valence-electron chi connectivity index (χ0n) is 10.6. The third kappa shape index (κ3) is 5.42. The van der Waals surface area contributed by atoms with Crippen molar-refractivity contribution in [2.45, 2.75) is 20.3 Å². The van der Waals surface area contributed by atoms with Crippen molar-refractivity contribution in [1.82, 2.24) is 0 Å². The van der Waals surface area contributed by atoms with E-state index in [1.54, 1.807) is 0 Å². The summed E-state index contributed by atoms with van der Waals surface area (Å²) in [7, 11) is 0. The Kier molecular flexibility index (Phi) is 6.76. The molecule has 0 heterocycles. The van der Waals surface area contributed by atoms with Crippen LogP contribution in [0.1, 0.15) is 20.3 Å². The molecule has 0 unspecified atom stereocenters. The first-order valence-electron chi connectivity index (χ1n) is 5.97. The van der Waals surface area contributed by atoms with Crippen molar-refractivity contribution < 1.29 is 9.13 Å². The molecular weight excluding hydrogens is 276 g/mol. The normalized spacial score (nSPS) is 11.0. The van der Waals surface area contributed by atoms with Crippen molar-refractivity contribution in [2.24, 2.45) is 5.92 Å². The van der Waals surface area contributed by atoms with Crippen LogP contribution in [-0.4, -0.2) is 19.8 Å². The largest absolute Gasteiger partial charge is 0.383 e. The lowest BCUT2D eigenvalue weighted by Gasteiger charge is -2.09. The van der Waals surface area contributed by atoms with Crippen molar-refractivity contribution in [2.75, 3.05) is 25.1 Å². The van der Waals surface area contributed by atoms with Gasteiger partial charge in [0.15, 0.2) is 5.82 Å². The third-order valence-electron chi connectivity index (χ3n) is 2.40. The molecule has 102 valence electrons. The second kappa shape index (κ2) is 7.82. The van der Waals surface area contributed by atoms with E-state index in [9.17, 15) is 4.39 Å². The van der Waals surface area contributed by atoms with Gasteiger partial charge in [-0.05, 0) is 24.5 Å². The molecule has 1 aromatic rings. The van der Waals surface area contributed by atoms with Crippen molar-refractivity contribution in [3.05, 3.63) is 28.0 Å². The molecule has 0 spiro atoms. The SMILES string of the molecule is CC(C)CCOCCNc1cc(Cl)c(F)c(Cl)c1. The van der Waals surface area contributed by atoms with Crippen LogP contribution < -0.4 is 5.32 Å². The summed E-state index contributed by atoms with van der Waals surface area (Å²) in [6.07, 6.45) is 1.05. The lowest BCUT2D eigenvalue weighted by Crippen LogP contribution is -2.11. The van der Waals surface area contributed by atoms with Crippen LogP contribution in [0.15, 0.2) is 12.1 Å². The average Bonchev–Trinajstić information content (AvgIpc) is 2.30. The van der Waals surface area contributed by atoms with Gasteiger partial charge in [-0.2, -0.15) is 0 Å². The summed E-state index contributed by atoms with van der Waals surface area (Å²) in [5, 5.41) is 3.12. The summed E-state index contributed by atoms with van der Waals surface area (Å²) in [6.45, 7) is 6.30. The molecule has 0 bridgehead atoms. The fourth-order valence-electron chi connectivity index (χ4n) is 1.35. The van der Waals surface area contributed by atoms with E-state index < -0.39 is 5.82 Å². The number of rotatable bonds is 7. The number of benzene rings is 1. The highest BCUT2D eigenvalue weighted by molar-refractivity contribution is 6.35. The lowest BCUT2D eigenvalue weighted by atomic mass is 10.1. The van der Waals surface area contributed by atoms with Gasteiger partial charge in [-0.1, -0.05) is 37.0 Å². The first-order valence-corrected chi connectivity index (χ1v) is 6.72. The molecule has 0 atom stereocenters. The first kappa shape index (κ1) is 15.5. The Hall–Kier alpha value is -0.510. The van der Waals surface area contributed by atoms with Gasteiger partial charge in [0.05, 0.1) is 16.7 Å². The van der Waals surface area contributed by atoms with E-state index in [1.165, 1.54) is 12.1 Å². The van der Waals surface area contributed by atoms with Crippen LogP contribution in [0.5, 0.6) is 0 Å². The van der Waals surface area contributed by atoms with Crippen LogP contribution in [-0.2, 0) is 4.74 Å². The fourth-order valence-corrected chi connectivity index (χ4v) is 1.83. The predicted octanol–water partition coefficient (Wildman–Crippen LogP) is 4.61. The van der Waals surface area contributed by atoms with Crippen LogP contribution >= 0.6 is 23.2 Å². The molecule has 0 aliphatic carbocycles. The second-order valence-corrected chi connectivity index (χ2v) is 5.29. The van der Waals surface area contributed by atoms with Gasteiger partial charge in [-0.25, -0.2) is 4.39 Å². The van der Waals surface area contributed by atoms with Crippen LogP contribution in [0.3, 0.4) is 0 Å². The van der Waals surface area contributed by atoms with E-state index in [0.717, 1.165) is 13.0 Å². The molecule has 0 fully saturated rings. The maximum absolute atomic E-state index is 13.2. The van der Waals surface area contributed by atoms with E-state index >= 15 is 0 Å². The van der Waals surface area contributed by atoms with E-state index in [2.05, 4.69) is 19.2 Å². The Morgan fingerprint density at radius 1 is 1.22 bits per heavy atom. The summed E-state index contributed by atoms with van der Waals surface area (Å²) in [5.41, 5.74) is 0.693. The highest BCUT2D eigenvalue weighted by Crippen LogP contribution is 2.27. The van der Waals surface area contributed by atoms with Crippen molar-refractivity contribution in [1.29, 1.82) is 0 Å². The van der Waals surface area contributed by atoms with E-state index in [4.69, 9.17) is 27.9 Å². The van der Waals surface area contributed by atoms with Gasteiger partial charge in [0.1, 0.15) is 0 Å². The molecule has 0 aromatic heterocycles. The van der Waals surface area contributed by atoms with Gasteiger partial charge in [-0.15, -0.1) is 0 Å². The molecular formula is C13H18Cl2FNO. The van der Waals surface area contributed by atoms with Gasteiger partial charge in [0, 0.05) is 18.8 Å². The summed E-state index contributed by atoms with van der Waals surface area (Å²) in [5.74, 6) is 0.0599. The van der Waals surface area contributed by atoms with Gasteiger partial charge < -0.3 is 10.1 Å². The molecule has 0 saturated heterocycles. The summed E-state index contributed by atoms with van der Waals surface area (Å²) >= 11 is 11.4. The molecule has 0 aliphatic rings. The van der Waals surface area contributed by atoms with Gasteiger partial charge >= 0.3 is 0 Å². The fraction of sp³-hybridized carbons (Fsp3) is 0.538. The quantitative estimate of drug-likeness (QED) is 0.586. The number of nitrogens with one attached hydrogen (secondary N) is 1. The van der Waals surface area contributed by atoms with Crippen LogP contribution in [0.25, 0.3) is 0 Å². The minimum Gasteiger partial charge on any atom is -0.383 e. The van der Waals surface area contributed by atoms with Crippen molar-refractivity contribution in [3.8, 4) is 0 Å². The van der Waals surface area contributed by atoms with E-state index in [0.29, 0.717) is 24.8 Å². The molecule has 1 rings (SSSR count). The summed E-state index contributed by atoms with van der Waals surface area (Å²) in [4.78, 5) is 0. The molecule has 0 amide bonds. The Morgan fingerprint density at radius 3 is 2.39 bits per heavy atom. The second-order valence-electron chi connectivity index (χ2n) is 4.48. The lowest BCUT2D eigenvalue weighted by molar-refractivity contribution is 0.132. The van der Waals surface area contributed by atoms with Crippen molar-refractivity contribution >= 4 is 28.9 Å². The maximum Gasteiger partial charge on any atom is 0.160 e. The summed E-state index contributed by atoms with van der Waals surface area (Å²) in [6, 6.07) is 3.02. The minimum atomic E-state index is -0.586. The molecule has 1 N–H and O–H groups in total. The first-order chi connectivity index (χ1) is 8.50. The molecule has 1 aromatic carbocycles. The van der Waals surface area contributed by atoms with E-state index in [-0.39, 0.29) is 10.0 Å². The highest BCUT2D eigenvalue weighted by atomic mass is 35.5. The number of hydrogen-bond donors (Lipinski definition) is 1. The number of halogens is 3. The average molecular weight is 294 g/mol. The molecule has 0 aliphatic heterocycles. The zero-order valence-corrected chi connectivity index (χ0v) is 12.1. The van der Waals surface area contributed by atoms with Crippen molar-refractivity contribution in [3.63, 3.8) is 0 Å². The highest BCUT2D eigenvalue weighted by Gasteiger charge is 2.06. The van der Waals surface area contributed by atoms with Gasteiger partial charge in [0.25, 0.3) is 0 Å². The Labute approximate surface area is 117 Å². The van der Waals surface area contributed by atoms with Gasteiger partial charge in [0.2, 0.25) is 0 Å². The maximum atomic E-state index is 13.2. The summed E-state index contributed by atoms with van der Waals surface area (Å²) < 4.78 is 18.6. The molecule has 2 nitrogen and oxygen atoms in total. The standard InChI is InChI=1S/C13H18Cl2FNO/c1-9(2)3-5-18-6-4-17-10-7-11(14)13(16)12(15)8-10/h7-9,17H,3-6H2,1-2H3. The number of anilines is 1. The Bertz CT molecular complexity index is 362. The predicted molar refractivity (Wildman–Crippen MR) is 75.2 cm³/mol. The smallest absolute Gasteiger partial charge is 0.160 e. The molecule has 0 radical (unpaired) electrons. The number of hydrogen-bond acceptors (Lipinski definition) is 2. The van der Waals surface area contributed by atoms with Crippen LogP contribution in [0, 0.1) is 11.7 Å². The van der Waals surface area contributed by atoms with Crippen LogP contribution in [0.4, 0.5) is 10.1 Å². The number of ether oxygens (including phenoxy) is 1. The van der Waals surface area contributed by atoms with E-state index in [1.807, 2.05) is 0 Å². The molecule has 18 heavy (non-hydrogen) atoms. The Balaban J connectivity index is 2.27. The third-order valence-corrected chi connectivity index (χ3v) is 2.95. The topological polar surface area (TPSA) is 21.3 Å². The molecule has 5 heteroatoms. The van der Waals surface area contributed by atoms with Gasteiger partial charge in [-0.3, -0.25) is 0 Å².